The lowest BCUT2D eigenvalue weighted by Crippen LogP contribution is -1.90. The van der Waals surface area contributed by atoms with Gasteiger partial charge in [0.15, 0.2) is 0 Å². The third kappa shape index (κ3) is 2.39. The number of hydrogen-bond acceptors (Lipinski definition) is 0. The Morgan fingerprint density at radius 1 is 0.857 bits per heavy atom. The molecule has 3 aromatic carbocycles. The van der Waals surface area contributed by atoms with Crippen LogP contribution in [0.5, 0.6) is 0 Å². The number of hydrogen-bond donors (Lipinski definition) is 0. The van der Waals surface area contributed by atoms with Crippen LogP contribution in [0.15, 0.2) is 67.8 Å². The van der Waals surface area contributed by atoms with Crippen LogP contribution in [0.1, 0.15) is 11.1 Å². The minimum absolute atomic E-state index is 0.739. The van der Waals surface area contributed by atoms with Gasteiger partial charge in [-0.2, -0.15) is 0 Å². The van der Waals surface area contributed by atoms with E-state index >= 15 is 0 Å². The molecule has 0 amide bonds. The Bertz CT molecular complexity index is 826. The maximum absolute atomic E-state index is 6.01. The van der Waals surface area contributed by atoms with E-state index in [1.54, 1.807) is 0 Å². The summed E-state index contributed by atoms with van der Waals surface area (Å²) >= 11 is 6.01. The fraction of sp³-hybridized carbons (Fsp3) is 0. The van der Waals surface area contributed by atoms with E-state index in [1.165, 1.54) is 16.3 Å². The molecule has 0 heterocycles. The first-order chi connectivity index (χ1) is 10.2. The summed E-state index contributed by atoms with van der Waals surface area (Å²) in [5.41, 5.74) is 4.50. The minimum atomic E-state index is 0.739. The van der Waals surface area contributed by atoms with Crippen LogP contribution in [-0.2, 0) is 0 Å². The Labute approximate surface area is 130 Å². The van der Waals surface area contributed by atoms with Crippen molar-refractivity contribution in [2.75, 3.05) is 0 Å². The molecule has 0 aromatic heterocycles. The van der Waals surface area contributed by atoms with Gasteiger partial charge in [-0.25, -0.2) is 0 Å². The van der Waals surface area contributed by atoms with E-state index in [-0.39, 0.29) is 0 Å². The van der Waals surface area contributed by atoms with Crippen molar-refractivity contribution in [2.45, 2.75) is 0 Å². The van der Waals surface area contributed by atoms with Crippen molar-refractivity contribution in [2.24, 2.45) is 0 Å². The maximum atomic E-state index is 6.01. The molecule has 0 aliphatic carbocycles. The highest BCUT2D eigenvalue weighted by atomic mass is 35.5. The minimum Gasteiger partial charge on any atom is -0.0984 e. The Kier molecular flexibility index (Phi) is 3.64. The van der Waals surface area contributed by atoms with Crippen LogP contribution in [0.25, 0.3) is 34.1 Å². The molecule has 0 saturated carbocycles. The number of halogens is 1. The Balaban J connectivity index is 2.45. The highest BCUT2D eigenvalue weighted by molar-refractivity contribution is 6.30. The van der Waals surface area contributed by atoms with Gasteiger partial charge in [-0.15, -0.1) is 0 Å². The fourth-order valence-electron chi connectivity index (χ4n) is 2.70. The van der Waals surface area contributed by atoms with E-state index < -0.39 is 0 Å². The van der Waals surface area contributed by atoms with Crippen molar-refractivity contribution in [1.29, 1.82) is 0 Å². The van der Waals surface area contributed by atoms with Crippen LogP contribution < -0.4 is 0 Å². The summed E-state index contributed by atoms with van der Waals surface area (Å²) in [5.74, 6) is 0. The average molecular weight is 291 g/mol. The van der Waals surface area contributed by atoms with Gasteiger partial charge < -0.3 is 0 Å². The molecule has 0 bridgehead atoms. The van der Waals surface area contributed by atoms with Crippen molar-refractivity contribution in [3.8, 4) is 11.1 Å². The highest BCUT2D eigenvalue weighted by Crippen LogP contribution is 2.36. The fourth-order valence-corrected chi connectivity index (χ4v) is 2.83. The largest absolute Gasteiger partial charge is 0.0984 e. The molecular weight excluding hydrogens is 276 g/mol. The van der Waals surface area contributed by atoms with Gasteiger partial charge in [-0.05, 0) is 51.2 Å². The lowest BCUT2D eigenvalue weighted by Gasteiger charge is -2.14. The second kappa shape index (κ2) is 5.59. The van der Waals surface area contributed by atoms with E-state index in [1.807, 2.05) is 36.4 Å². The molecule has 0 radical (unpaired) electrons. The molecule has 0 spiro atoms. The molecule has 0 aliphatic heterocycles. The molecule has 0 nitrogen and oxygen atoms in total. The average Bonchev–Trinajstić information content (AvgIpc) is 2.53. The standard InChI is InChI=1S/C20H15Cl/c1-3-14-13-16-7-5-6-8-19(16)20(18(14)4-2)15-9-11-17(21)12-10-15/h3-13H,1-2H2. The zero-order valence-corrected chi connectivity index (χ0v) is 12.4. The summed E-state index contributed by atoms with van der Waals surface area (Å²) in [6, 6.07) is 18.4. The number of rotatable bonds is 3. The topological polar surface area (TPSA) is 0 Å². The summed E-state index contributed by atoms with van der Waals surface area (Å²) in [6.07, 6.45) is 3.77. The van der Waals surface area contributed by atoms with Crippen LogP contribution in [0.2, 0.25) is 5.02 Å². The summed E-state index contributed by atoms with van der Waals surface area (Å²) < 4.78 is 0. The van der Waals surface area contributed by atoms with E-state index in [0.717, 1.165) is 21.7 Å². The van der Waals surface area contributed by atoms with Crippen molar-refractivity contribution in [3.05, 3.63) is 83.9 Å². The van der Waals surface area contributed by atoms with Crippen molar-refractivity contribution >= 4 is 34.5 Å². The molecule has 0 fully saturated rings. The van der Waals surface area contributed by atoms with E-state index in [0.29, 0.717) is 0 Å². The van der Waals surface area contributed by atoms with Crippen LogP contribution >= 0.6 is 11.6 Å². The first-order valence-electron chi connectivity index (χ1n) is 6.81. The molecule has 0 aliphatic rings. The van der Waals surface area contributed by atoms with E-state index in [2.05, 4.69) is 43.5 Å². The van der Waals surface area contributed by atoms with Crippen molar-refractivity contribution in [3.63, 3.8) is 0 Å². The molecule has 102 valence electrons. The third-order valence-electron chi connectivity index (χ3n) is 3.68. The second-order valence-corrected chi connectivity index (χ2v) is 5.33. The number of benzene rings is 3. The molecular formula is C20H15Cl. The third-order valence-corrected chi connectivity index (χ3v) is 3.93. The Morgan fingerprint density at radius 2 is 1.57 bits per heavy atom. The van der Waals surface area contributed by atoms with Gasteiger partial charge in [0.05, 0.1) is 0 Å². The van der Waals surface area contributed by atoms with Gasteiger partial charge in [0.25, 0.3) is 0 Å². The lowest BCUT2D eigenvalue weighted by molar-refractivity contribution is 1.61. The molecule has 0 saturated heterocycles. The predicted octanol–water partition coefficient (Wildman–Crippen LogP) is 6.45. The van der Waals surface area contributed by atoms with Gasteiger partial charge >= 0.3 is 0 Å². The van der Waals surface area contributed by atoms with Gasteiger partial charge in [0.1, 0.15) is 0 Å². The van der Waals surface area contributed by atoms with E-state index in [9.17, 15) is 0 Å². The van der Waals surface area contributed by atoms with Gasteiger partial charge in [-0.3, -0.25) is 0 Å². The van der Waals surface area contributed by atoms with Crippen LogP contribution in [0, 0.1) is 0 Å². The monoisotopic (exact) mass is 290 g/mol. The normalized spacial score (nSPS) is 10.5. The quantitative estimate of drug-likeness (QED) is 0.520. The molecule has 21 heavy (non-hydrogen) atoms. The van der Waals surface area contributed by atoms with Crippen molar-refractivity contribution < 1.29 is 0 Å². The summed E-state index contributed by atoms with van der Waals surface area (Å²) in [7, 11) is 0. The summed E-state index contributed by atoms with van der Waals surface area (Å²) in [6.45, 7) is 7.90. The zero-order chi connectivity index (χ0) is 14.8. The first-order valence-corrected chi connectivity index (χ1v) is 7.19. The lowest BCUT2D eigenvalue weighted by atomic mass is 9.89. The summed E-state index contributed by atoms with van der Waals surface area (Å²) in [4.78, 5) is 0. The Hall–Kier alpha value is -2.31. The molecule has 0 atom stereocenters. The molecule has 3 rings (SSSR count). The molecule has 1 heteroatoms. The van der Waals surface area contributed by atoms with Gasteiger partial charge in [0, 0.05) is 5.02 Å². The SMILES string of the molecule is C=Cc1cc2ccccc2c(-c2ccc(Cl)cc2)c1C=C. The van der Waals surface area contributed by atoms with E-state index in [4.69, 9.17) is 11.6 Å². The molecule has 0 unspecified atom stereocenters. The number of fused-ring (bicyclic) bond motifs is 1. The van der Waals surface area contributed by atoms with Crippen LogP contribution in [0.4, 0.5) is 0 Å². The van der Waals surface area contributed by atoms with Crippen LogP contribution in [0.3, 0.4) is 0 Å². The van der Waals surface area contributed by atoms with Crippen molar-refractivity contribution in [1.82, 2.24) is 0 Å². The zero-order valence-electron chi connectivity index (χ0n) is 11.6. The molecule has 3 aromatic rings. The smallest absolute Gasteiger partial charge is 0.0406 e. The highest BCUT2D eigenvalue weighted by Gasteiger charge is 2.11. The van der Waals surface area contributed by atoms with Gasteiger partial charge in [0.2, 0.25) is 0 Å². The first kappa shape index (κ1) is 13.7. The van der Waals surface area contributed by atoms with Gasteiger partial charge in [-0.1, -0.05) is 73.3 Å². The van der Waals surface area contributed by atoms with Crippen LogP contribution in [-0.4, -0.2) is 0 Å². The Morgan fingerprint density at radius 3 is 2.24 bits per heavy atom. The maximum Gasteiger partial charge on any atom is 0.0406 e. The molecule has 0 N–H and O–H groups in total. The predicted molar refractivity (Wildman–Crippen MR) is 94.6 cm³/mol. The second-order valence-electron chi connectivity index (χ2n) is 4.89. The summed E-state index contributed by atoms with van der Waals surface area (Å²) in [5, 5.41) is 3.14.